The third kappa shape index (κ3) is 4.07. The molecule has 0 saturated heterocycles. The molecule has 1 amide bonds. The Morgan fingerprint density at radius 1 is 1.07 bits per heavy atom. The van der Waals surface area contributed by atoms with Gasteiger partial charge in [-0.1, -0.05) is 31.4 Å². The van der Waals surface area contributed by atoms with Gasteiger partial charge in [-0.25, -0.2) is 4.39 Å². The minimum absolute atomic E-state index is 0.0503. The lowest BCUT2D eigenvalue weighted by Crippen LogP contribution is -2.45. The average Bonchev–Trinajstić information content (AvgIpc) is 2.72. The summed E-state index contributed by atoms with van der Waals surface area (Å²) in [4.78, 5) is 13.2. The van der Waals surface area contributed by atoms with Crippen LogP contribution in [0.15, 0.2) is 42.5 Å². The minimum atomic E-state index is -0.667. The molecule has 144 valence electrons. The van der Waals surface area contributed by atoms with E-state index in [1.807, 2.05) is 18.2 Å². The van der Waals surface area contributed by atoms with Crippen molar-refractivity contribution < 1.29 is 18.7 Å². The summed E-state index contributed by atoms with van der Waals surface area (Å²) in [7, 11) is 3.19. The summed E-state index contributed by atoms with van der Waals surface area (Å²) in [5.74, 6) is 1.01. The molecule has 0 atom stereocenters. The molecule has 4 nitrogen and oxygen atoms in total. The number of rotatable bonds is 6. The van der Waals surface area contributed by atoms with Crippen molar-refractivity contribution in [1.82, 2.24) is 5.32 Å². The lowest BCUT2D eigenvalue weighted by atomic mass is 9.68. The SMILES string of the molecule is COc1ccc(CNC(=O)C2(c3cccc(F)c3)CCCCC2)c(OC)c1. The quantitative estimate of drug-likeness (QED) is 0.821. The van der Waals surface area contributed by atoms with Gasteiger partial charge < -0.3 is 14.8 Å². The second kappa shape index (κ2) is 8.42. The molecule has 3 rings (SSSR count). The Hall–Kier alpha value is -2.56. The highest BCUT2D eigenvalue weighted by molar-refractivity contribution is 5.88. The second-order valence-corrected chi connectivity index (χ2v) is 7.01. The highest BCUT2D eigenvalue weighted by atomic mass is 19.1. The number of hydrogen-bond acceptors (Lipinski definition) is 3. The van der Waals surface area contributed by atoms with Crippen LogP contribution < -0.4 is 14.8 Å². The van der Waals surface area contributed by atoms with Crippen molar-refractivity contribution in [1.29, 1.82) is 0 Å². The first kappa shape index (κ1) is 19.2. The Labute approximate surface area is 159 Å². The molecule has 5 heteroatoms. The van der Waals surface area contributed by atoms with Crippen molar-refractivity contribution in [2.75, 3.05) is 14.2 Å². The molecule has 2 aromatic carbocycles. The van der Waals surface area contributed by atoms with E-state index in [-0.39, 0.29) is 11.7 Å². The van der Waals surface area contributed by atoms with Crippen molar-refractivity contribution in [3.05, 3.63) is 59.4 Å². The standard InChI is InChI=1S/C22H26FNO3/c1-26-19-10-9-16(20(14-19)27-2)15-24-21(25)22(11-4-3-5-12-22)17-7-6-8-18(23)13-17/h6-10,13-14H,3-5,11-12,15H2,1-2H3,(H,24,25). The van der Waals surface area contributed by atoms with Gasteiger partial charge in [-0.15, -0.1) is 0 Å². The van der Waals surface area contributed by atoms with Crippen LogP contribution in [-0.4, -0.2) is 20.1 Å². The number of hydrogen-bond donors (Lipinski definition) is 1. The van der Waals surface area contributed by atoms with Crippen molar-refractivity contribution in [2.45, 2.75) is 44.1 Å². The van der Waals surface area contributed by atoms with E-state index in [4.69, 9.17) is 9.47 Å². The Balaban J connectivity index is 1.82. The van der Waals surface area contributed by atoms with Crippen LogP contribution in [0.3, 0.4) is 0 Å². The summed E-state index contributed by atoms with van der Waals surface area (Å²) in [6.07, 6.45) is 4.52. The molecule has 0 unspecified atom stereocenters. The Morgan fingerprint density at radius 3 is 2.52 bits per heavy atom. The van der Waals surface area contributed by atoms with Crippen LogP contribution in [0.25, 0.3) is 0 Å². The molecule has 1 N–H and O–H groups in total. The zero-order valence-corrected chi connectivity index (χ0v) is 15.9. The predicted molar refractivity (Wildman–Crippen MR) is 103 cm³/mol. The molecule has 0 radical (unpaired) electrons. The van der Waals surface area contributed by atoms with Crippen LogP contribution in [0.4, 0.5) is 4.39 Å². The van der Waals surface area contributed by atoms with E-state index in [0.717, 1.165) is 43.2 Å². The number of amides is 1. The van der Waals surface area contributed by atoms with Crippen LogP contribution >= 0.6 is 0 Å². The van der Waals surface area contributed by atoms with Gasteiger partial charge in [0, 0.05) is 18.2 Å². The predicted octanol–water partition coefficient (Wildman–Crippen LogP) is 4.36. The number of carbonyl (C=O) groups excluding carboxylic acids is 1. The van der Waals surface area contributed by atoms with Crippen LogP contribution in [0.2, 0.25) is 0 Å². The van der Waals surface area contributed by atoms with E-state index in [9.17, 15) is 9.18 Å². The Morgan fingerprint density at radius 2 is 1.85 bits per heavy atom. The lowest BCUT2D eigenvalue weighted by Gasteiger charge is -2.36. The van der Waals surface area contributed by atoms with Gasteiger partial charge in [0.05, 0.1) is 19.6 Å². The van der Waals surface area contributed by atoms with E-state index in [2.05, 4.69) is 5.32 Å². The van der Waals surface area contributed by atoms with E-state index >= 15 is 0 Å². The minimum Gasteiger partial charge on any atom is -0.497 e. The van der Waals surface area contributed by atoms with Crippen molar-refractivity contribution in [3.8, 4) is 11.5 Å². The molecule has 0 aliphatic heterocycles. The maximum absolute atomic E-state index is 13.8. The number of halogens is 1. The highest BCUT2D eigenvalue weighted by Crippen LogP contribution is 2.40. The normalized spacial score (nSPS) is 15.8. The molecule has 2 aromatic rings. The van der Waals surface area contributed by atoms with E-state index in [1.165, 1.54) is 12.1 Å². The smallest absolute Gasteiger partial charge is 0.230 e. The van der Waals surface area contributed by atoms with Gasteiger partial charge in [-0.05, 0) is 42.7 Å². The third-order valence-electron chi connectivity index (χ3n) is 5.45. The van der Waals surface area contributed by atoms with Gasteiger partial charge in [0.25, 0.3) is 0 Å². The van der Waals surface area contributed by atoms with E-state index in [0.29, 0.717) is 18.0 Å². The fourth-order valence-electron chi connectivity index (χ4n) is 3.93. The molecule has 0 bridgehead atoms. The monoisotopic (exact) mass is 371 g/mol. The largest absolute Gasteiger partial charge is 0.497 e. The topological polar surface area (TPSA) is 47.6 Å². The van der Waals surface area contributed by atoms with Gasteiger partial charge in [0.1, 0.15) is 17.3 Å². The molecule has 0 heterocycles. The van der Waals surface area contributed by atoms with Gasteiger partial charge in [-0.3, -0.25) is 4.79 Å². The maximum Gasteiger partial charge on any atom is 0.230 e. The molecular formula is C22H26FNO3. The molecule has 27 heavy (non-hydrogen) atoms. The summed E-state index contributed by atoms with van der Waals surface area (Å²) in [6, 6.07) is 12.0. The molecule has 1 aliphatic rings. The van der Waals surface area contributed by atoms with Crippen molar-refractivity contribution >= 4 is 5.91 Å². The van der Waals surface area contributed by atoms with Crippen LogP contribution in [0, 0.1) is 5.82 Å². The van der Waals surface area contributed by atoms with Gasteiger partial charge >= 0.3 is 0 Å². The van der Waals surface area contributed by atoms with Crippen LogP contribution in [0.5, 0.6) is 11.5 Å². The van der Waals surface area contributed by atoms with Gasteiger partial charge in [-0.2, -0.15) is 0 Å². The van der Waals surface area contributed by atoms with Crippen molar-refractivity contribution in [3.63, 3.8) is 0 Å². The summed E-state index contributed by atoms with van der Waals surface area (Å²) in [6.45, 7) is 0.350. The first-order chi connectivity index (χ1) is 13.1. The molecule has 1 aliphatic carbocycles. The second-order valence-electron chi connectivity index (χ2n) is 7.01. The van der Waals surface area contributed by atoms with Gasteiger partial charge in [0.2, 0.25) is 5.91 Å². The van der Waals surface area contributed by atoms with E-state index in [1.54, 1.807) is 26.4 Å². The summed E-state index contributed by atoms with van der Waals surface area (Å²) in [5.41, 5.74) is 0.971. The fourth-order valence-corrected chi connectivity index (χ4v) is 3.93. The summed E-state index contributed by atoms with van der Waals surface area (Å²) >= 11 is 0. The molecule has 0 spiro atoms. The average molecular weight is 371 g/mol. The van der Waals surface area contributed by atoms with Crippen LogP contribution in [0.1, 0.15) is 43.2 Å². The zero-order valence-electron chi connectivity index (χ0n) is 15.9. The van der Waals surface area contributed by atoms with E-state index < -0.39 is 5.41 Å². The number of ether oxygens (including phenoxy) is 2. The highest BCUT2D eigenvalue weighted by Gasteiger charge is 2.41. The zero-order chi connectivity index (χ0) is 19.3. The lowest BCUT2D eigenvalue weighted by molar-refractivity contribution is -0.128. The number of methoxy groups -OCH3 is 2. The van der Waals surface area contributed by atoms with Crippen molar-refractivity contribution in [2.24, 2.45) is 0 Å². The summed E-state index contributed by atoms with van der Waals surface area (Å²) in [5, 5.41) is 3.06. The molecular weight excluding hydrogens is 345 g/mol. The first-order valence-corrected chi connectivity index (χ1v) is 9.34. The van der Waals surface area contributed by atoms with Crippen LogP contribution in [-0.2, 0) is 16.8 Å². The molecule has 0 aromatic heterocycles. The Kier molecular flexibility index (Phi) is 5.99. The first-order valence-electron chi connectivity index (χ1n) is 9.34. The number of nitrogens with one attached hydrogen (secondary N) is 1. The fraction of sp³-hybridized carbons (Fsp3) is 0.409. The number of benzene rings is 2. The van der Waals surface area contributed by atoms with Gasteiger partial charge in [0.15, 0.2) is 0 Å². The molecule has 1 saturated carbocycles. The third-order valence-corrected chi connectivity index (χ3v) is 5.45. The maximum atomic E-state index is 13.8. The molecule has 1 fully saturated rings. The number of carbonyl (C=O) groups is 1. The summed E-state index contributed by atoms with van der Waals surface area (Å²) < 4.78 is 24.4. The Bertz CT molecular complexity index is 800.